The molecule has 7 nitrogen and oxygen atoms in total. The lowest BCUT2D eigenvalue weighted by Gasteiger charge is -2.31. The van der Waals surface area contributed by atoms with E-state index in [4.69, 9.17) is 21.7 Å². The van der Waals surface area contributed by atoms with E-state index in [1.807, 2.05) is 0 Å². The van der Waals surface area contributed by atoms with Gasteiger partial charge in [-0.3, -0.25) is 14.5 Å². The smallest absolute Gasteiger partial charge is 0.241 e. The van der Waals surface area contributed by atoms with Crippen LogP contribution in [0.5, 0.6) is 0 Å². The van der Waals surface area contributed by atoms with E-state index in [0.717, 1.165) is 31.6 Å². The minimum absolute atomic E-state index is 0.0448. The molecule has 2 amide bonds. The number of nitrogens with zero attached hydrogens (tertiary/aromatic N) is 2. The summed E-state index contributed by atoms with van der Waals surface area (Å²) in [4.78, 5) is 30.9. The SMILES string of the molecule is CC1CCC(NC(=O)CCN2C(=O)C3C=C4OCOC4=CC3=NC2=S)CC1. The molecule has 2 aliphatic heterocycles. The minimum atomic E-state index is -0.542. The summed E-state index contributed by atoms with van der Waals surface area (Å²) >= 11 is 5.28. The van der Waals surface area contributed by atoms with Gasteiger partial charge in [0, 0.05) is 25.1 Å². The van der Waals surface area contributed by atoms with Crippen molar-refractivity contribution < 1.29 is 19.1 Å². The molecular formula is C19H23N3O4S. The molecule has 144 valence electrons. The Kier molecular flexibility index (Phi) is 4.99. The van der Waals surface area contributed by atoms with Crippen LogP contribution in [-0.2, 0) is 19.1 Å². The Balaban J connectivity index is 1.36. The zero-order chi connectivity index (χ0) is 19.0. The Hall–Kier alpha value is -2.22. The molecule has 0 bridgehead atoms. The molecule has 27 heavy (non-hydrogen) atoms. The number of amides is 2. The van der Waals surface area contributed by atoms with Crippen molar-refractivity contribution in [2.45, 2.75) is 45.1 Å². The largest absolute Gasteiger partial charge is 0.454 e. The maximum Gasteiger partial charge on any atom is 0.241 e. The molecule has 4 aliphatic rings. The molecular weight excluding hydrogens is 366 g/mol. The van der Waals surface area contributed by atoms with Crippen LogP contribution in [0.25, 0.3) is 0 Å². The molecule has 4 rings (SSSR count). The van der Waals surface area contributed by atoms with Crippen molar-refractivity contribution in [3.63, 3.8) is 0 Å². The average molecular weight is 389 g/mol. The molecule has 1 atom stereocenters. The highest BCUT2D eigenvalue weighted by Gasteiger charge is 2.38. The molecule has 2 heterocycles. The molecule has 0 aromatic carbocycles. The van der Waals surface area contributed by atoms with E-state index >= 15 is 0 Å². The average Bonchev–Trinajstić information content (AvgIpc) is 3.09. The van der Waals surface area contributed by atoms with E-state index in [-0.39, 0.29) is 42.7 Å². The maximum absolute atomic E-state index is 12.9. The summed E-state index contributed by atoms with van der Waals surface area (Å²) in [5.41, 5.74) is 0.561. The van der Waals surface area contributed by atoms with E-state index in [1.54, 1.807) is 12.2 Å². The van der Waals surface area contributed by atoms with Gasteiger partial charge in [0.05, 0.1) is 5.71 Å². The Bertz CT molecular complexity index is 765. The van der Waals surface area contributed by atoms with Gasteiger partial charge in [0.25, 0.3) is 0 Å². The molecule has 1 saturated heterocycles. The number of carbonyl (C=O) groups is 2. The van der Waals surface area contributed by atoms with E-state index in [1.165, 1.54) is 4.90 Å². The Morgan fingerprint density at radius 2 is 2.04 bits per heavy atom. The lowest BCUT2D eigenvalue weighted by molar-refractivity contribution is -0.129. The van der Waals surface area contributed by atoms with E-state index in [9.17, 15) is 9.59 Å². The highest BCUT2D eigenvalue weighted by atomic mass is 32.1. The molecule has 2 fully saturated rings. The first-order chi connectivity index (χ1) is 13.0. The van der Waals surface area contributed by atoms with Gasteiger partial charge in [0.1, 0.15) is 5.92 Å². The summed E-state index contributed by atoms with van der Waals surface area (Å²) in [7, 11) is 0. The van der Waals surface area contributed by atoms with Crippen LogP contribution in [0, 0.1) is 11.8 Å². The quantitative estimate of drug-likeness (QED) is 0.745. The van der Waals surface area contributed by atoms with Gasteiger partial charge in [-0.25, -0.2) is 4.99 Å². The second kappa shape index (κ2) is 7.42. The number of thiocarbonyl (C=S) groups is 1. The van der Waals surface area contributed by atoms with Crippen LogP contribution in [0.4, 0.5) is 0 Å². The number of carbonyl (C=O) groups excluding carboxylic acids is 2. The molecule has 2 aliphatic carbocycles. The normalized spacial score (nSPS) is 29.6. The third-order valence-electron chi connectivity index (χ3n) is 5.52. The van der Waals surface area contributed by atoms with Crippen molar-refractivity contribution in [2.75, 3.05) is 13.3 Å². The Labute approximate surface area is 163 Å². The number of hydrogen-bond acceptors (Lipinski definition) is 5. The van der Waals surface area contributed by atoms with Crippen molar-refractivity contribution in [3.8, 4) is 0 Å². The molecule has 1 unspecified atom stereocenters. The topological polar surface area (TPSA) is 80.2 Å². The highest BCUT2D eigenvalue weighted by Crippen LogP contribution is 2.31. The molecule has 8 heteroatoms. The fourth-order valence-electron chi connectivity index (χ4n) is 3.86. The van der Waals surface area contributed by atoms with E-state index in [2.05, 4.69) is 17.2 Å². The van der Waals surface area contributed by atoms with Crippen LogP contribution < -0.4 is 5.32 Å². The second-order valence-electron chi connectivity index (χ2n) is 7.51. The van der Waals surface area contributed by atoms with Crippen LogP contribution in [-0.4, -0.2) is 46.9 Å². The van der Waals surface area contributed by atoms with Gasteiger partial charge in [0.2, 0.25) is 23.7 Å². The number of allylic oxidation sites excluding steroid dienone is 1. The molecule has 1 saturated carbocycles. The predicted molar refractivity (Wildman–Crippen MR) is 103 cm³/mol. The summed E-state index contributed by atoms with van der Waals surface area (Å²) in [5.74, 6) is 1.11. The number of hydrogen-bond donors (Lipinski definition) is 1. The van der Waals surface area contributed by atoms with Crippen molar-refractivity contribution in [1.82, 2.24) is 10.2 Å². The van der Waals surface area contributed by atoms with Crippen LogP contribution in [0.3, 0.4) is 0 Å². The summed E-state index contributed by atoms with van der Waals surface area (Å²) < 4.78 is 10.7. The van der Waals surface area contributed by atoms with Gasteiger partial charge in [-0.1, -0.05) is 6.92 Å². The van der Waals surface area contributed by atoms with Crippen LogP contribution >= 0.6 is 12.2 Å². The maximum atomic E-state index is 12.9. The van der Waals surface area contributed by atoms with Crippen molar-refractivity contribution >= 4 is 34.9 Å². The molecule has 0 radical (unpaired) electrons. The fraction of sp³-hybridized carbons (Fsp3) is 0.579. The number of rotatable bonds is 4. The highest BCUT2D eigenvalue weighted by molar-refractivity contribution is 7.80. The number of ether oxygens (including phenoxy) is 2. The first kappa shape index (κ1) is 18.2. The third-order valence-corrected chi connectivity index (χ3v) is 5.83. The van der Waals surface area contributed by atoms with Crippen molar-refractivity contribution in [3.05, 3.63) is 23.7 Å². The van der Waals surface area contributed by atoms with Gasteiger partial charge in [-0.2, -0.15) is 0 Å². The first-order valence-electron chi connectivity index (χ1n) is 9.44. The van der Waals surface area contributed by atoms with E-state index in [0.29, 0.717) is 17.2 Å². The summed E-state index contributed by atoms with van der Waals surface area (Å²) in [6.45, 7) is 2.62. The Morgan fingerprint density at radius 1 is 1.30 bits per heavy atom. The zero-order valence-corrected chi connectivity index (χ0v) is 16.1. The van der Waals surface area contributed by atoms with Crippen LogP contribution in [0.15, 0.2) is 28.7 Å². The lowest BCUT2D eigenvalue weighted by atomic mass is 9.87. The molecule has 1 N–H and O–H groups in total. The minimum Gasteiger partial charge on any atom is -0.454 e. The monoisotopic (exact) mass is 389 g/mol. The number of aliphatic imine (C=N–C) groups is 1. The Morgan fingerprint density at radius 3 is 2.81 bits per heavy atom. The third kappa shape index (κ3) is 3.76. The first-order valence-corrected chi connectivity index (χ1v) is 9.85. The number of fused-ring (bicyclic) bond motifs is 2. The van der Waals surface area contributed by atoms with E-state index < -0.39 is 5.92 Å². The second-order valence-corrected chi connectivity index (χ2v) is 7.87. The van der Waals surface area contributed by atoms with Crippen molar-refractivity contribution in [1.29, 1.82) is 0 Å². The summed E-state index contributed by atoms with van der Waals surface area (Å²) in [6.07, 6.45) is 7.96. The molecule has 0 aromatic rings. The van der Waals surface area contributed by atoms with Gasteiger partial charge in [-0.15, -0.1) is 0 Å². The lowest BCUT2D eigenvalue weighted by Crippen LogP contribution is -2.48. The van der Waals surface area contributed by atoms with Gasteiger partial charge < -0.3 is 14.8 Å². The van der Waals surface area contributed by atoms with Crippen molar-refractivity contribution in [2.24, 2.45) is 16.8 Å². The molecule has 0 aromatic heterocycles. The fourth-order valence-corrected chi connectivity index (χ4v) is 4.15. The van der Waals surface area contributed by atoms with Crippen LogP contribution in [0.1, 0.15) is 39.0 Å². The standard InChI is InChI=1S/C19H23N3O4S/c1-11-2-4-12(5-3-11)20-17(23)6-7-22-18(24)13-8-15-16(26-10-25-15)9-14(13)21-19(22)27/h8-9,11-13H,2-7,10H2,1H3,(H,20,23). The summed E-state index contributed by atoms with van der Waals surface area (Å²) in [5, 5.41) is 3.27. The van der Waals surface area contributed by atoms with Gasteiger partial charge in [0.15, 0.2) is 11.5 Å². The van der Waals surface area contributed by atoms with Gasteiger partial charge in [-0.05, 0) is 49.9 Å². The van der Waals surface area contributed by atoms with Gasteiger partial charge >= 0.3 is 0 Å². The summed E-state index contributed by atoms with van der Waals surface area (Å²) in [6, 6.07) is 0.244. The number of nitrogens with one attached hydrogen (secondary N) is 1. The predicted octanol–water partition coefficient (Wildman–Crippen LogP) is 2.04. The zero-order valence-electron chi connectivity index (χ0n) is 15.3. The van der Waals surface area contributed by atoms with Crippen LogP contribution in [0.2, 0.25) is 0 Å². The molecule has 0 spiro atoms.